The minimum atomic E-state index is -0.556. The molecule has 1 aromatic heterocycles. The Kier molecular flexibility index (Phi) is 6.40. The van der Waals surface area contributed by atoms with Crippen molar-refractivity contribution in [3.63, 3.8) is 0 Å². The molecular weight excluding hydrogens is 334 g/mol. The van der Waals surface area contributed by atoms with E-state index in [4.69, 9.17) is 10.5 Å². The fourth-order valence-electron chi connectivity index (χ4n) is 2.41. The van der Waals surface area contributed by atoms with Gasteiger partial charge in [0.05, 0.1) is 29.9 Å². The minimum absolute atomic E-state index is 0.0597. The molecule has 1 heterocycles. The summed E-state index contributed by atoms with van der Waals surface area (Å²) in [6.45, 7) is 2.39. The highest BCUT2D eigenvalue weighted by Gasteiger charge is 2.27. The van der Waals surface area contributed by atoms with Crippen molar-refractivity contribution in [3.05, 3.63) is 46.3 Å². The van der Waals surface area contributed by atoms with Gasteiger partial charge in [0.2, 0.25) is 11.6 Å². The third-order valence-electron chi connectivity index (χ3n) is 3.55. The third kappa shape index (κ3) is 4.65. The molecule has 0 aliphatic carbocycles. The Hall–Kier alpha value is -3.72. The maximum atomic E-state index is 11.7. The first-order valence-corrected chi connectivity index (χ1v) is 7.88. The molecule has 0 radical (unpaired) electrons. The van der Waals surface area contributed by atoms with Gasteiger partial charge in [0, 0.05) is 18.8 Å². The van der Waals surface area contributed by atoms with Gasteiger partial charge < -0.3 is 10.2 Å². The van der Waals surface area contributed by atoms with Crippen molar-refractivity contribution >= 4 is 23.0 Å². The van der Waals surface area contributed by atoms with E-state index in [9.17, 15) is 10.1 Å². The van der Waals surface area contributed by atoms with Crippen LogP contribution < -0.4 is 10.2 Å². The summed E-state index contributed by atoms with van der Waals surface area (Å²) in [6, 6.07) is 11.4. The van der Waals surface area contributed by atoms with Gasteiger partial charge in [0.25, 0.3) is 0 Å². The summed E-state index contributed by atoms with van der Waals surface area (Å²) in [5.74, 6) is 0.148. The second-order valence-electron chi connectivity index (χ2n) is 5.45. The molecule has 0 atom stereocenters. The van der Waals surface area contributed by atoms with Crippen LogP contribution in [0.3, 0.4) is 0 Å². The van der Waals surface area contributed by atoms with E-state index in [-0.39, 0.29) is 43.3 Å². The van der Waals surface area contributed by atoms with Gasteiger partial charge in [0.1, 0.15) is 6.33 Å². The van der Waals surface area contributed by atoms with Crippen LogP contribution in [0.25, 0.3) is 0 Å². The number of anilines is 3. The van der Waals surface area contributed by atoms with Gasteiger partial charge in [0.15, 0.2) is 0 Å². The normalized spacial score (nSPS) is 9.81. The summed E-state index contributed by atoms with van der Waals surface area (Å²) in [6.07, 6.45) is 1.55. The molecule has 1 aromatic carbocycles. The predicted molar refractivity (Wildman–Crippen MR) is 95.8 cm³/mol. The Morgan fingerprint density at radius 1 is 1.23 bits per heavy atom. The minimum Gasteiger partial charge on any atom is -0.349 e. The first kappa shape index (κ1) is 18.6. The van der Waals surface area contributed by atoms with Crippen LogP contribution in [-0.4, -0.2) is 28.0 Å². The van der Waals surface area contributed by atoms with E-state index in [2.05, 4.69) is 15.3 Å². The zero-order chi connectivity index (χ0) is 18.9. The Balaban J connectivity index is 2.44. The molecule has 0 saturated carbocycles. The van der Waals surface area contributed by atoms with Crippen LogP contribution in [0, 0.1) is 39.7 Å². The second-order valence-corrected chi connectivity index (χ2v) is 5.45. The quantitative estimate of drug-likeness (QED) is 0.567. The summed E-state index contributed by atoms with van der Waals surface area (Å²) < 4.78 is 0. The Labute approximate surface area is 150 Å². The lowest BCUT2D eigenvalue weighted by molar-refractivity contribution is -0.383. The van der Waals surface area contributed by atoms with E-state index in [1.165, 1.54) is 6.33 Å². The number of nitrogens with one attached hydrogen (secondary N) is 1. The monoisotopic (exact) mass is 351 g/mol. The molecule has 0 bridgehead atoms. The first-order valence-electron chi connectivity index (χ1n) is 7.88. The van der Waals surface area contributed by atoms with Crippen molar-refractivity contribution in [1.29, 1.82) is 10.5 Å². The molecular formula is C17H17N7O2. The first-order chi connectivity index (χ1) is 12.6. The number of aryl methyl sites for hydroxylation is 1. The molecule has 1 N–H and O–H groups in total. The number of nitriles is 2. The molecule has 0 fully saturated rings. The highest BCUT2D eigenvalue weighted by Crippen LogP contribution is 2.33. The van der Waals surface area contributed by atoms with Crippen molar-refractivity contribution in [1.82, 2.24) is 9.97 Å². The van der Waals surface area contributed by atoms with E-state index in [1.54, 1.807) is 11.0 Å². The molecule has 2 rings (SSSR count). The highest BCUT2D eigenvalue weighted by molar-refractivity contribution is 5.74. The zero-order valence-electron chi connectivity index (χ0n) is 14.2. The number of nitro groups is 1. The van der Waals surface area contributed by atoms with Crippen LogP contribution in [0.4, 0.5) is 23.0 Å². The van der Waals surface area contributed by atoms with Gasteiger partial charge >= 0.3 is 5.69 Å². The summed E-state index contributed by atoms with van der Waals surface area (Å²) >= 11 is 0. The van der Waals surface area contributed by atoms with E-state index in [0.29, 0.717) is 5.69 Å². The molecule has 0 aliphatic rings. The van der Waals surface area contributed by atoms with Crippen molar-refractivity contribution in [2.75, 3.05) is 23.3 Å². The molecule has 26 heavy (non-hydrogen) atoms. The zero-order valence-corrected chi connectivity index (χ0v) is 14.2. The summed E-state index contributed by atoms with van der Waals surface area (Å²) in [5, 5.41) is 32.3. The average Bonchev–Trinajstić information content (AvgIpc) is 2.61. The van der Waals surface area contributed by atoms with Crippen LogP contribution in [0.15, 0.2) is 30.6 Å². The largest absolute Gasteiger partial charge is 0.353 e. The van der Waals surface area contributed by atoms with Gasteiger partial charge in [-0.1, -0.05) is 12.1 Å². The van der Waals surface area contributed by atoms with Gasteiger partial charge in [-0.3, -0.25) is 10.1 Å². The molecule has 9 nitrogen and oxygen atoms in total. The smallest absolute Gasteiger partial charge is 0.349 e. The van der Waals surface area contributed by atoms with Gasteiger partial charge in [-0.05, 0) is 24.6 Å². The highest BCUT2D eigenvalue weighted by atomic mass is 16.6. The predicted octanol–water partition coefficient (Wildman–Crippen LogP) is 3.07. The van der Waals surface area contributed by atoms with Crippen molar-refractivity contribution in [2.24, 2.45) is 0 Å². The Morgan fingerprint density at radius 3 is 2.50 bits per heavy atom. The van der Waals surface area contributed by atoms with Gasteiger partial charge in [-0.15, -0.1) is 0 Å². The standard InChI is InChI=1S/C17H17N7O2/c1-13-5-2-6-14(11-13)22-16-15(24(25)26)17(21-12-20-16)23(9-3-7-18)10-4-8-19/h2,5-6,11-12H,3-4,9-10H2,1H3,(H,20,21,22). The van der Waals surface area contributed by atoms with Crippen molar-refractivity contribution in [2.45, 2.75) is 19.8 Å². The van der Waals surface area contributed by atoms with Crippen LogP contribution in [0.2, 0.25) is 0 Å². The van der Waals surface area contributed by atoms with Crippen LogP contribution >= 0.6 is 0 Å². The fraction of sp³-hybridized carbons (Fsp3) is 0.294. The molecule has 2 aromatic rings. The molecule has 0 amide bonds. The van der Waals surface area contributed by atoms with Crippen molar-refractivity contribution < 1.29 is 4.92 Å². The van der Waals surface area contributed by atoms with Crippen LogP contribution in [0.5, 0.6) is 0 Å². The number of hydrogen-bond acceptors (Lipinski definition) is 8. The molecule has 0 saturated heterocycles. The van der Waals surface area contributed by atoms with Crippen LogP contribution in [-0.2, 0) is 0 Å². The number of benzene rings is 1. The summed E-state index contributed by atoms with van der Waals surface area (Å²) in [5.41, 5.74) is 1.37. The topological polar surface area (TPSA) is 132 Å². The third-order valence-corrected chi connectivity index (χ3v) is 3.55. The lowest BCUT2D eigenvalue weighted by Crippen LogP contribution is -2.27. The average molecular weight is 351 g/mol. The van der Waals surface area contributed by atoms with E-state index in [1.807, 2.05) is 37.3 Å². The second kappa shape index (κ2) is 8.94. The van der Waals surface area contributed by atoms with E-state index >= 15 is 0 Å². The van der Waals surface area contributed by atoms with Crippen LogP contribution in [0.1, 0.15) is 18.4 Å². The fourth-order valence-corrected chi connectivity index (χ4v) is 2.41. The van der Waals surface area contributed by atoms with E-state index in [0.717, 1.165) is 5.56 Å². The maximum Gasteiger partial charge on any atom is 0.353 e. The molecule has 0 spiro atoms. The Morgan fingerprint density at radius 2 is 1.92 bits per heavy atom. The van der Waals surface area contributed by atoms with Crippen molar-refractivity contribution in [3.8, 4) is 12.1 Å². The van der Waals surface area contributed by atoms with Gasteiger partial charge in [-0.25, -0.2) is 9.97 Å². The molecule has 9 heteroatoms. The Bertz CT molecular complexity index is 852. The van der Waals surface area contributed by atoms with E-state index < -0.39 is 4.92 Å². The molecule has 0 unspecified atom stereocenters. The number of rotatable bonds is 8. The lowest BCUT2D eigenvalue weighted by Gasteiger charge is -2.21. The molecule has 0 aliphatic heterocycles. The summed E-state index contributed by atoms with van der Waals surface area (Å²) in [7, 11) is 0. The summed E-state index contributed by atoms with van der Waals surface area (Å²) in [4.78, 5) is 20.7. The number of hydrogen-bond donors (Lipinski definition) is 1. The molecule has 132 valence electrons. The number of nitrogens with zero attached hydrogens (tertiary/aromatic N) is 6. The SMILES string of the molecule is Cc1cccc(Nc2ncnc(N(CCC#N)CCC#N)c2[N+](=O)[O-])c1. The number of aromatic nitrogens is 2. The van der Waals surface area contributed by atoms with Gasteiger partial charge in [-0.2, -0.15) is 10.5 Å². The maximum absolute atomic E-state index is 11.7. The lowest BCUT2D eigenvalue weighted by atomic mass is 10.2.